The minimum atomic E-state index is -0.375. The Labute approximate surface area is 114 Å². The maximum Gasteiger partial charge on any atom is 0.317 e. The summed E-state index contributed by atoms with van der Waals surface area (Å²) in [5.74, 6) is -0.629. The number of hydrogen-bond donors (Lipinski definition) is 0. The molecule has 4 nitrogen and oxygen atoms in total. The Hall–Kier alpha value is -1.19. The van der Waals surface area contributed by atoms with Gasteiger partial charge in [-0.2, -0.15) is 0 Å². The van der Waals surface area contributed by atoms with Gasteiger partial charge in [-0.15, -0.1) is 0 Å². The van der Waals surface area contributed by atoms with Gasteiger partial charge < -0.3 is 9.53 Å². The Balaban J connectivity index is 1.87. The fraction of sp³-hybridized carbons (Fsp3) is 0.800. The van der Waals surface area contributed by atoms with Crippen LogP contribution in [0.5, 0.6) is 0 Å². The van der Waals surface area contributed by atoms with Crippen LogP contribution in [0.3, 0.4) is 0 Å². The second kappa shape index (κ2) is 8.83. The Morgan fingerprint density at radius 2 is 1.63 bits per heavy atom. The third kappa shape index (κ3) is 7.09. The average Bonchev–Trinajstić information content (AvgIpc) is 2.65. The van der Waals surface area contributed by atoms with E-state index in [4.69, 9.17) is 0 Å². The molecular formula is C15H24O4. The molecule has 0 aromatic rings. The fourth-order valence-corrected chi connectivity index (χ4v) is 2.39. The molecule has 1 aliphatic rings. The van der Waals surface area contributed by atoms with Crippen molar-refractivity contribution in [2.24, 2.45) is 5.92 Å². The van der Waals surface area contributed by atoms with Gasteiger partial charge in [0.1, 0.15) is 5.78 Å². The quantitative estimate of drug-likeness (QED) is 0.347. The topological polar surface area (TPSA) is 60.4 Å². The Morgan fingerprint density at radius 3 is 2.16 bits per heavy atom. The Bertz CT molecular complexity index is 322. The molecule has 0 aromatic carbocycles. The first-order valence-electron chi connectivity index (χ1n) is 7.33. The van der Waals surface area contributed by atoms with Gasteiger partial charge in [-0.3, -0.25) is 9.59 Å². The average molecular weight is 268 g/mol. The first-order valence-corrected chi connectivity index (χ1v) is 7.33. The van der Waals surface area contributed by atoms with Gasteiger partial charge in [0.25, 0.3) is 0 Å². The maximum absolute atomic E-state index is 11.2. The van der Waals surface area contributed by atoms with E-state index in [-0.39, 0.29) is 30.1 Å². The number of ketones is 1. The Morgan fingerprint density at radius 1 is 1.05 bits per heavy atom. The minimum Gasteiger partial charge on any atom is -0.393 e. The summed E-state index contributed by atoms with van der Waals surface area (Å²) in [4.78, 5) is 32.8. The molecule has 1 heterocycles. The second-order valence-electron chi connectivity index (χ2n) is 5.41. The molecule has 1 atom stereocenters. The van der Waals surface area contributed by atoms with E-state index in [1.807, 2.05) is 0 Å². The van der Waals surface area contributed by atoms with Crippen LogP contribution < -0.4 is 0 Å². The molecule has 19 heavy (non-hydrogen) atoms. The summed E-state index contributed by atoms with van der Waals surface area (Å²) in [5.41, 5.74) is 0. The number of rotatable bonds is 10. The van der Waals surface area contributed by atoms with Crippen LogP contribution in [0.2, 0.25) is 0 Å². The van der Waals surface area contributed by atoms with Gasteiger partial charge in [0.05, 0.1) is 12.3 Å². The van der Waals surface area contributed by atoms with Crippen LogP contribution in [0.1, 0.15) is 71.1 Å². The van der Waals surface area contributed by atoms with Crippen molar-refractivity contribution >= 4 is 17.7 Å². The summed E-state index contributed by atoms with van der Waals surface area (Å²) in [5, 5.41) is 0. The highest BCUT2D eigenvalue weighted by atomic mass is 16.6. The minimum absolute atomic E-state index is 0.192. The predicted molar refractivity (Wildman–Crippen MR) is 71.4 cm³/mol. The highest BCUT2D eigenvalue weighted by molar-refractivity contribution is 5.94. The number of unbranched alkanes of at least 4 members (excludes halogenated alkanes) is 6. The van der Waals surface area contributed by atoms with Crippen molar-refractivity contribution in [2.75, 3.05) is 0 Å². The molecule has 1 aliphatic heterocycles. The van der Waals surface area contributed by atoms with Crippen molar-refractivity contribution in [1.29, 1.82) is 0 Å². The summed E-state index contributed by atoms with van der Waals surface area (Å²) in [7, 11) is 0. The van der Waals surface area contributed by atoms with E-state index in [0.717, 1.165) is 38.5 Å². The lowest BCUT2D eigenvalue weighted by atomic mass is 9.99. The van der Waals surface area contributed by atoms with Gasteiger partial charge in [-0.25, -0.2) is 0 Å². The molecule has 0 N–H and O–H groups in total. The van der Waals surface area contributed by atoms with Gasteiger partial charge in [0.15, 0.2) is 0 Å². The normalized spacial score (nSPS) is 18.7. The number of carbonyl (C=O) groups excluding carboxylic acids is 3. The van der Waals surface area contributed by atoms with Gasteiger partial charge in [-0.1, -0.05) is 38.5 Å². The van der Waals surface area contributed by atoms with Crippen molar-refractivity contribution < 1.29 is 19.1 Å². The first-order chi connectivity index (χ1) is 9.09. The first kappa shape index (κ1) is 15.9. The SMILES string of the molecule is CC(=O)CCCCCCCCCC1CC(=O)OC1=O. The van der Waals surface area contributed by atoms with E-state index >= 15 is 0 Å². The molecule has 4 heteroatoms. The zero-order valence-electron chi connectivity index (χ0n) is 11.8. The number of carbonyl (C=O) groups is 3. The summed E-state index contributed by atoms with van der Waals surface area (Å²) < 4.78 is 4.51. The van der Waals surface area contributed by atoms with E-state index in [1.54, 1.807) is 6.92 Å². The second-order valence-corrected chi connectivity index (χ2v) is 5.41. The van der Waals surface area contributed by atoms with Crippen molar-refractivity contribution in [2.45, 2.75) is 71.1 Å². The van der Waals surface area contributed by atoms with Gasteiger partial charge in [0, 0.05) is 6.42 Å². The molecular weight excluding hydrogens is 244 g/mol. The van der Waals surface area contributed by atoms with E-state index in [1.165, 1.54) is 12.8 Å². The summed E-state index contributed by atoms with van der Waals surface area (Å²) in [6, 6.07) is 0. The number of esters is 2. The monoisotopic (exact) mass is 268 g/mol. The van der Waals surface area contributed by atoms with Crippen LogP contribution in [-0.2, 0) is 19.1 Å². The fourth-order valence-electron chi connectivity index (χ4n) is 2.39. The van der Waals surface area contributed by atoms with Gasteiger partial charge >= 0.3 is 11.9 Å². The summed E-state index contributed by atoms with van der Waals surface area (Å²) in [6.07, 6.45) is 9.50. The van der Waals surface area contributed by atoms with Crippen molar-refractivity contribution in [3.63, 3.8) is 0 Å². The van der Waals surface area contributed by atoms with E-state index in [9.17, 15) is 14.4 Å². The Kier molecular flexibility index (Phi) is 7.38. The lowest BCUT2D eigenvalue weighted by molar-refractivity contribution is -0.153. The van der Waals surface area contributed by atoms with Crippen LogP contribution >= 0.6 is 0 Å². The third-order valence-corrected chi connectivity index (χ3v) is 3.54. The molecule has 0 spiro atoms. The molecule has 0 saturated carbocycles. The summed E-state index contributed by atoms with van der Waals surface area (Å²) >= 11 is 0. The van der Waals surface area contributed by atoms with E-state index in [2.05, 4.69) is 4.74 Å². The number of cyclic esters (lactones) is 2. The number of Topliss-reactive ketones (excluding diaryl/α,β-unsaturated/α-hetero) is 1. The van der Waals surface area contributed by atoms with Gasteiger partial charge in [-0.05, 0) is 19.8 Å². The van der Waals surface area contributed by atoms with Gasteiger partial charge in [0.2, 0.25) is 0 Å². The summed E-state index contributed by atoms with van der Waals surface area (Å²) in [6.45, 7) is 1.64. The zero-order chi connectivity index (χ0) is 14.1. The molecule has 1 rings (SSSR count). The van der Waals surface area contributed by atoms with E-state index < -0.39 is 0 Å². The van der Waals surface area contributed by atoms with Crippen LogP contribution in [0.25, 0.3) is 0 Å². The maximum atomic E-state index is 11.2. The van der Waals surface area contributed by atoms with Crippen LogP contribution in [0, 0.1) is 5.92 Å². The van der Waals surface area contributed by atoms with Crippen molar-refractivity contribution in [1.82, 2.24) is 0 Å². The molecule has 0 aromatic heterocycles. The smallest absolute Gasteiger partial charge is 0.317 e. The molecule has 0 amide bonds. The zero-order valence-corrected chi connectivity index (χ0v) is 11.8. The number of hydrogen-bond acceptors (Lipinski definition) is 4. The van der Waals surface area contributed by atoms with Crippen molar-refractivity contribution in [3.8, 4) is 0 Å². The molecule has 0 bridgehead atoms. The largest absolute Gasteiger partial charge is 0.393 e. The molecule has 108 valence electrons. The third-order valence-electron chi connectivity index (χ3n) is 3.54. The predicted octanol–water partition coefficient (Wildman–Crippen LogP) is 3.18. The highest BCUT2D eigenvalue weighted by Crippen LogP contribution is 2.22. The molecule has 1 fully saturated rings. The van der Waals surface area contributed by atoms with Crippen molar-refractivity contribution in [3.05, 3.63) is 0 Å². The molecule has 0 radical (unpaired) electrons. The van der Waals surface area contributed by atoms with Crippen LogP contribution in [0.4, 0.5) is 0 Å². The highest BCUT2D eigenvalue weighted by Gasteiger charge is 2.32. The molecule has 0 aliphatic carbocycles. The van der Waals surface area contributed by atoms with Crippen LogP contribution in [-0.4, -0.2) is 17.7 Å². The molecule has 1 saturated heterocycles. The molecule has 1 unspecified atom stereocenters. The van der Waals surface area contributed by atoms with E-state index in [0.29, 0.717) is 6.42 Å². The lowest BCUT2D eigenvalue weighted by Crippen LogP contribution is -2.06. The number of ether oxygens (including phenoxy) is 1. The van der Waals surface area contributed by atoms with Crippen LogP contribution in [0.15, 0.2) is 0 Å². The lowest BCUT2D eigenvalue weighted by Gasteiger charge is -2.04. The standard InChI is InChI=1S/C15H24O4/c1-12(16)9-7-5-3-2-4-6-8-10-13-11-14(17)19-15(13)18/h13H,2-11H2,1H3.